The molecular weight excluding hydrogens is 588 g/mol. The van der Waals surface area contributed by atoms with Crippen molar-refractivity contribution in [2.75, 3.05) is 20.3 Å². The molecule has 0 unspecified atom stereocenters. The minimum atomic E-state index is -0.650. The fourth-order valence-corrected chi connectivity index (χ4v) is 5.06. The first kappa shape index (κ1) is 39.8. The van der Waals surface area contributed by atoms with Crippen LogP contribution in [0, 0.1) is 12.8 Å². The normalized spacial score (nSPS) is 13.5. The average Bonchev–Trinajstić information content (AvgIpc) is 3.27. The highest BCUT2D eigenvalue weighted by atomic mass is 35.5. The Morgan fingerprint density at radius 2 is 1.64 bits per heavy atom. The number of hydrogen-bond donors (Lipinski definition) is 1. The van der Waals surface area contributed by atoms with E-state index in [1.54, 1.807) is 13.2 Å². The fraction of sp³-hybridized carbons (Fsp3) is 0.526. The van der Waals surface area contributed by atoms with Gasteiger partial charge in [0.05, 0.1) is 19.1 Å². The molecule has 2 aromatic rings. The summed E-state index contributed by atoms with van der Waals surface area (Å²) >= 11 is 5.79. The largest absolute Gasteiger partial charge is 0.496 e. The predicted octanol–water partition coefficient (Wildman–Crippen LogP) is 9.99. The lowest BCUT2D eigenvalue weighted by Crippen LogP contribution is -2.35. The molecule has 1 N–H and O–H groups in total. The van der Waals surface area contributed by atoms with Crippen LogP contribution >= 0.6 is 11.6 Å². The third-order valence-electron chi connectivity index (χ3n) is 7.76. The van der Waals surface area contributed by atoms with Gasteiger partial charge in [-0.3, -0.25) is 9.59 Å². The summed E-state index contributed by atoms with van der Waals surface area (Å²) in [5, 5.41) is 10.4. The smallest absolute Gasteiger partial charge is 0.314 e. The number of benzene rings is 2. The number of esters is 1. The zero-order valence-corrected chi connectivity index (χ0v) is 29.3. The molecule has 3 rings (SSSR count). The van der Waals surface area contributed by atoms with Crippen LogP contribution in [0.2, 0.25) is 0 Å². The molecule has 0 radical (unpaired) electrons. The molecule has 0 heterocycles. The Bertz CT molecular complexity index is 1200. The van der Waals surface area contributed by atoms with Crippen LogP contribution in [-0.4, -0.2) is 37.4 Å². The summed E-state index contributed by atoms with van der Waals surface area (Å²) in [7, 11) is 1.70. The second-order valence-electron chi connectivity index (χ2n) is 12.2. The lowest BCUT2D eigenvalue weighted by atomic mass is 9.74. The third kappa shape index (κ3) is 15.1. The van der Waals surface area contributed by atoms with Gasteiger partial charge >= 0.3 is 11.9 Å². The van der Waals surface area contributed by atoms with Gasteiger partial charge in [0, 0.05) is 24.4 Å². The minimum absolute atomic E-state index is 0.261. The van der Waals surface area contributed by atoms with Crippen LogP contribution in [0.15, 0.2) is 65.7 Å². The number of carboxylic acids is 1. The van der Waals surface area contributed by atoms with Crippen LogP contribution < -0.4 is 9.47 Å². The standard InChI is InChI=1S/C15H20O2.C15H22O2.C8H13ClO2/c1-12-6-8-13(9-7-12)15(14(16)17)10-4-2-3-5-11-15;1-5-10-17-14-9-8-13(7-6-12(2)3)15(11-14)16-4;1-6(2)8(9)4-5-11-7(3)10/h6-9H,2-5,10-11H2,1H3,(H,16,17);5,8-9,11-12H,1,6-7,10H2,2-4H3;4-5H2,1-3H3. The molecule has 2 aromatic carbocycles. The minimum Gasteiger partial charge on any atom is -0.496 e. The van der Waals surface area contributed by atoms with Gasteiger partial charge in [-0.1, -0.05) is 105 Å². The number of aryl methyl sites for hydroxylation is 2. The molecule has 0 atom stereocenters. The van der Waals surface area contributed by atoms with Gasteiger partial charge in [-0.2, -0.15) is 0 Å². The summed E-state index contributed by atoms with van der Waals surface area (Å²) in [6, 6.07) is 14.0. The number of carboxylic acid groups (broad SMARTS) is 1. The summed E-state index contributed by atoms with van der Waals surface area (Å²) in [6.45, 7) is 16.3. The Hall–Kier alpha value is -3.25. The third-order valence-corrected chi connectivity index (χ3v) is 8.32. The van der Waals surface area contributed by atoms with Crippen molar-refractivity contribution >= 4 is 23.5 Å². The molecule has 0 amide bonds. The van der Waals surface area contributed by atoms with Crippen molar-refractivity contribution in [3.05, 3.63) is 82.4 Å². The van der Waals surface area contributed by atoms with Crippen LogP contribution in [0.25, 0.3) is 0 Å². The molecule has 0 spiro atoms. The number of methoxy groups -OCH3 is 1. The Labute approximate surface area is 276 Å². The number of rotatable bonds is 12. The quantitative estimate of drug-likeness (QED) is 0.141. The summed E-state index contributed by atoms with van der Waals surface area (Å²) in [5.74, 6) is 1.53. The molecule has 1 aliphatic rings. The van der Waals surface area contributed by atoms with Gasteiger partial charge in [-0.25, -0.2) is 0 Å². The molecular formula is C38H55ClO6. The highest BCUT2D eigenvalue weighted by Gasteiger charge is 2.40. The Balaban J connectivity index is 0.000000347. The maximum Gasteiger partial charge on any atom is 0.314 e. The second-order valence-corrected chi connectivity index (χ2v) is 12.6. The van der Waals surface area contributed by atoms with E-state index in [1.165, 1.54) is 37.3 Å². The van der Waals surface area contributed by atoms with E-state index in [1.807, 2.05) is 57.2 Å². The molecule has 0 bridgehead atoms. The predicted molar refractivity (Wildman–Crippen MR) is 186 cm³/mol. The average molecular weight is 643 g/mol. The van der Waals surface area contributed by atoms with E-state index < -0.39 is 11.4 Å². The lowest BCUT2D eigenvalue weighted by molar-refractivity contribution is -0.144. The first-order valence-electron chi connectivity index (χ1n) is 16.0. The molecule has 0 saturated heterocycles. The Morgan fingerprint density at radius 1 is 1.02 bits per heavy atom. The van der Waals surface area contributed by atoms with Crippen LogP contribution in [-0.2, 0) is 26.2 Å². The second kappa shape index (κ2) is 21.5. The van der Waals surface area contributed by atoms with Gasteiger partial charge in [0.1, 0.15) is 18.1 Å². The van der Waals surface area contributed by atoms with E-state index in [4.69, 9.17) is 25.8 Å². The van der Waals surface area contributed by atoms with E-state index in [0.717, 1.165) is 59.8 Å². The van der Waals surface area contributed by atoms with Gasteiger partial charge in [-0.15, -0.1) is 0 Å². The van der Waals surface area contributed by atoms with E-state index in [0.29, 0.717) is 25.6 Å². The lowest BCUT2D eigenvalue weighted by Gasteiger charge is -2.28. The van der Waals surface area contributed by atoms with E-state index in [9.17, 15) is 14.7 Å². The van der Waals surface area contributed by atoms with E-state index in [-0.39, 0.29) is 5.97 Å². The number of halogens is 1. The molecule has 1 aliphatic carbocycles. The van der Waals surface area contributed by atoms with Gasteiger partial charge in [0.15, 0.2) is 0 Å². The van der Waals surface area contributed by atoms with Crippen molar-refractivity contribution < 1.29 is 28.9 Å². The number of carbonyl (C=O) groups excluding carboxylic acids is 1. The van der Waals surface area contributed by atoms with Crippen molar-refractivity contribution in [2.24, 2.45) is 5.92 Å². The van der Waals surface area contributed by atoms with Crippen LogP contribution in [0.3, 0.4) is 0 Å². The van der Waals surface area contributed by atoms with Gasteiger partial charge < -0.3 is 19.3 Å². The summed E-state index contributed by atoms with van der Waals surface area (Å²) in [6.07, 6.45) is 10.5. The van der Waals surface area contributed by atoms with Crippen molar-refractivity contribution in [1.29, 1.82) is 0 Å². The molecule has 250 valence electrons. The Kier molecular flexibility index (Phi) is 19.0. The highest BCUT2D eigenvalue weighted by molar-refractivity contribution is 6.29. The molecule has 0 aliphatic heterocycles. The number of allylic oxidation sites excluding steroid dienone is 1. The maximum absolute atomic E-state index is 11.7. The van der Waals surface area contributed by atoms with Crippen molar-refractivity contribution in [3.63, 3.8) is 0 Å². The molecule has 1 fully saturated rings. The van der Waals surface area contributed by atoms with Crippen LogP contribution in [0.5, 0.6) is 11.5 Å². The van der Waals surface area contributed by atoms with Crippen molar-refractivity contribution in [1.82, 2.24) is 0 Å². The number of ether oxygens (including phenoxy) is 3. The molecule has 1 saturated carbocycles. The zero-order valence-electron chi connectivity index (χ0n) is 28.5. The topological polar surface area (TPSA) is 82.1 Å². The van der Waals surface area contributed by atoms with Gasteiger partial charge in [-0.05, 0) is 69.6 Å². The highest BCUT2D eigenvalue weighted by Crippen LogP contribution is 2.38. The molecule has 6 nitrogen and oxygen atoms in total. The maximum atomic E-state index is 11.7. The monoisotopic (exact) mass is 642 g/mol. The van der Waals surface area contributed by atoms with Crippen LogP contribution in [0.4, 0.5) is 0 Å². The van der Waals surface area contributed by atoms with Gasteiger partial charge in [0.2, 0.25) is 0 Å². The van der Waals surface area contributed by atoms with E-state index in [2.05, 4.69) is 26.5 Å². The number of hydrogen-bond acceptors (Lipinski definition) is 5. The summed E-state index contributed by atoms with van der Waals surface area (Å²) in [4.78, 5) is 22.0. The number of aliphatic carboxylic acids is 1. The SMILES string of the molecule is C=CCOc1ccc(CCC(C)C)c(OC)c1.CC(=O)OCCC(Cl)=C(C)C.Cc1ccc(C2(C(=O)O)CCCCCC2)cc1. The zero-order chi connectivity index (χ0) is 33.8. The first-order chi connectivity index (χ1) is 21.4. The Morgan fingerprint density at radius 3 is 2.13 bits per heavy atom. The number of carbonyl (C=O) groups is 2. The fourth-order valence-electron chi connectivity index (χ4n) is 4.99. The van der Waals surface area contributed by atoms with Crippen molar-refractivity contribution in [2.45, 2.75) is 105 Å². The van der Waals surface area contributed by atoms with Crippen LogP contribution in [0.1, 0.15) is 103 Å². The molecule has 45 heavy (non-hydrogen) atoms. The first-order valence-corrected chi connectivity index (χ1v) is 16.4. The molecule has 7 heteroatoms. The van der Waals surface area contributed by atoms with E-state index >= 15 is 0 Å². The van der Waals surface area contributed by atoms with Gasteiger partial charge in [0.25, 0.3) is 0 Å². The summed E-state index contributed by atoms with van der Waals surface area (Å²) < 4.78 is 15.6. The molecule has 0 aromatic heterocycles. The van der Waals surface area contributed by atoms with Crippen molar-refractivity contribution in [3.8, 4) is 11.5 Å². The summed E-state index contributed by atoms with van der Waals surface area (Å²) in [5.41, 5.74) is 3.84.